The molecule has 0 aliphatic carbocycles. The van der Waals surface area contributed by atoms with Crippen LogP contribution in [0.5, 0.6) is 0 Å². The fourth-order valence-corrected chi connectivity index (χ4v) is 1.74. The first-order valence-corrected chi connectivity index (χ1v) is 5.42. The van der Waals surface area contributed by atoms with Crippen molar-refractivity contribution in [1.82, 2.24) is 15.1 Å². The van der Waals surface area contributed by atoms with Crippen molar-refractivity contribution < 1.29 is 13.2 Å². The first-order chi connectivity index (χ1) is 6.48. The summed E-state index contributed by atoms with van der Waals surface area (Å²) < 4.78 is 23.2. The first-order valence-electron chi connectivity index (χ1n) is 3.87. The summed E-state index contributed by atoms with van der Waals surface area (Å²) in [5, 5.41) is 10.9. The first kappa shape index (κ1) is 9.16. The monoisotopic (exact) mass is 216 g/mol. The molecule has 1 aliphatic rings. The van der Waals surface area contributed by atoms with E-state index < -0.39 is 10.0 Å². The zero-order chi connectivity index (χ0) is 10.3. The van der Waals surface area contributed by atoms with E-state index in [1.54, 1.807) is 0 Å². The van der Waals surface area contributed by atoms with Crippen molar-refractivity contribution >= 4 is 15.9 Å². The minimum Gasteiger partial charge on any atom is -0.349 e. The molecule has 1 aromatic rings. The summed E-state index contributed by atoms with van der Waals surface area (Å²) in [6.07, 6.45) is 0. The van der Waals surface area contributed by atoms with Gasteiger partial charge in [0.2, 0.25) is 0 Å². The van der Waals surface area contributed by atoms with Crippen LogP contribution >= 0.6 is 0 Å². The molecule has 76 valence electrons. The van der Waals surface area contributed by atoms with Gasteiger partial charge in [-0.05, 0) is 0 Å². The molecule has 2 heterocycles. The molecule has 0 spiro atoms. The Kier molecular flexibility index (Phi) is 1.82. The number of fused-ring (bicyclic) bond motifs is 1. The summed E-state index contributed by atoms with van der Waals surface area (Å²) in [6, 6.07) is 1.17. The van der Waals surface area contributed by atoms with Gasteiger partial charge in [-0.2, -0.15) is 5.10 Å². The molecule has 0 unspecified atom stereocenters. The number of hydrogen-bond acceptors (Lipinski definition) is 4. The number of amides is 1. The Morgan fingerprint density at radius 1 is 1.57 bits per heavy atom. The Hall–Kier alpha value is -1.41. The number of sulfonamides is 1. The highest BCUT2D eigenvalue weighted by atomic mass is 32.2. The van der Waals surface area contributed by atoms with Crippen molar-refractivity contribution in [2.45, 2.75) is 11.6 Å². The maximum atomic E-state index is 11.2. The minimum atomic E-state index is -3.83. The smallest absolute Gasteiger partial charge is 0.269 e. The molecule has 0 atom stereocenters. The van der Waals surface area contributed by atoms with Crippen LogP contribution in [0.3, 0.4) is 0 Å². The van der Waals surface area contributed by atoms with Crippen LogP contribution in [0.15, 0.2) is 11.1 Å². The van der Waals surface area contributed by atoms with Crippen molar-refractivity contribution in [2.75, 3.05) is 6.54 Å². The number of nitrogens with one attached hydrogen (secondary N) is 1. The van der Waals surface area contributed by atoms with E-state index in [0.717, 1.165) is 0 Å². The van der Waals surface area contributed by atoms with Gasteiger partial charge in [-0.25, -0.2) is 13.6 Å². The van der Waals surface area contributed by atoms with E-state index in [-0.39, 0.29) is 16.6 Å². The highest BCUT2D eigenvalue weighted by molar-refractivity contribution is 7.89. The van der Waals surface area contributed by atoms with Gasteiger partial charge in [0.05, 0.1) is 6.54 Å². The molecule has 3 N–H and O–H groups in total. The second-order valence-corrected chi connectivity index (χ2v) is 4.40. The number of hydrogen-bond donors (Lipinski definition) is 2. The predicted molar refractivity (Wildman–Crippen MR) is 45.9 cm³/mol. The van der Waals surface area contributed by atoms with Crippen LogP contribution in [0.25, 0.3) is 0 Å². The van der Waals surface area contributed by atoms with Crippen LogP contribution < -0.4 is 10.5 Å². The van der Waals surface area contributed by atoms with Gasteiger partial charge in [0.25, 0.3) is 15.9 Å². The van der Waals surface area contributed by atoms with Gasteiger partial charge in [0.15, 0.2) is 5.03 Å². The van der Waals surface area contributed by atoms with E-state index in [9.17, 15) is 13.2 Å². The Morgan fingerprint density at radius 2 is 2.29 bits per heavy atom. The highest BCUT2D eigenvalue weighted by Gasteiger charge is 2.23. The average Bonchev–Trinajstić information content (AvgIpc) is 2.48. The van der Waals surface area contributed by atoms with E-state index in [0.29, 0.717) is 13.1 Å². The summed E-state index contributed by atoms with van der Waals surface area (Å²) in [5.74, 6) is -0.335. The third-order valence-electron chi connectivity index (χ3n) is 1.89. The Morgan fingerprint density at radius 3 is 2.86 bits per heavy atom. The zero-order valence-electron chi connectivity index (χ0n) is 7.10. The van der Waals surface area contributed by atoms with Gasteiger partial charge in [-0.3, -0.25) is 9.48 Å². The van der Waals surface area contributed by atoms with E-state index >= 15 is 0 Å². The normalized spacial score (nSPS) is 16.2. The zero-order valence-corrected chi connectivity index (χ0v) is 7.91. The molecule has 2 rings (SSSR count). The molecular formula is C6H8N4O3S. The van der Waals surface area contributed by atoms with Crippen LogP contribution in [0.1, 0.15) is 10.5 Å². The van der Waals surface area contributed by atoms with Crippen LogP contribution in [0.2, 0.25) is 0 Å². The molecule has 7 nitrogen and oxygen atoms in total. The summed E-state index contributed by atoms with van der Waals surface area (Å²) >= 11 is 0. The second kappa shape index (κ2) is 2.79. The van der Waals surface area contributed by atoms with Crippen LogP contribution in [-0.2, 0) is 16.6 Å². The van der Waals surface area contributed by atoms with Crippen molar-refractivity contribution in [3.8, 4) is 0 Å². The molecule has 14 heavy (non-hydrogen) atoms. The lowest BCUT2D eigenvalue weighted by atomic mass is 10.3. The molecular weight excluding hydrogens is 208 g/mol. The number of rotatable bonds is 1. The van der Waals surface area contributed by atoms with Gasteiger partial charge in [0.1, 0.15) is 5.69 Å². The predicted octanol–water partition coefficient (Wildman–Crippen LogP) is -1.73. The number of aromatic nitrogens is 2. The molecule has 0 saturated carbocycles. The lowest BCUT2D eigenvalue weighted by Crippen LogP contribution is -2.35. The molecule has 0 radical (unpaired) electrons. The molecule has 1 amide bonds. The van der Waals surface area contributed by atoms with Crippen molar-refractivity contribution in [1.29, 1.82) is 0 Å². The molecule has 0 saturated heterocycles. The number of primary sulfonamides is 1. The summed E-state index contributed by atoms with van der Waals surface area (Å²) in [4.78, 5) is 11.2. The number of nitrogens with zero attached hydrogens (tertiary/aromatic N) is 2. The lowest BCUT2D eigenvalue weighted by Gasteiger charge is -2.13. The number of nitrogens with two attached hydrogens (primary N) is 1. The Labute approximate surface area is 79.9 Å². The molecule has 1 aliphatic heterocycles. The Bertz CT molecular complexity index is 489. The minimum absolute atomic E-state index is 0.222. The van der Waals surface area contributed by atoms with E-state index in [4.69, 9.17) is 5.14 Å². The number of carbonyl (C=O) groups is 1. The highest BCUT2D eigenvalue weighted by Crippen LogP contribution is 2.10. The van der Waals surface area contributed by atoms with Gasteiger partial charge in [-0.15, -0.1) is 0 Å². The average molecular weight is 216 g/mol. The van der Waals surface area contributed by atoms with Gasteiger partial charge < -0.3 is 5.32 Å². The molecule has 8 heteroatoms. The fourth-order valence-electron chi connectivity index (χ4n) is 1.25. The second-order valence-electron chi connectivity index (χ2n) is 2.89. The quantitative estimate of drug-likeness (QED) is 0.581. The third kappa shape index (κ3) is 1.38. The van der Waals surface area contributed by atoms with Crippen LogP contribution in [0.4, 0.5) is 0 Å². The van der Waals surface area contributed by atoms with Crippen molar-refractivity contribution in [3.63, 3.8) is 0 Å². The molecule has 0 bridgehead atoms. The van der Waals surface area contributed by atoms with Crippen LogP contribution in [-0.4, -0.2) is 30.7 Å². The van der Waals surface area contributed by atoms with Gasteiger partial charge in [-0.1, -0.05) is 0 Å². The van der Waals surface area contributed by atoms with E-state index in [1.165, 1.54) is 10.7 Å². The summed E-state index contributed by atoms with van der Waals surface area (Å²) in [7, 11) is -3.83. The molecule has 0 fully saturated rings. The van der Waals surface area contributed by atoms with Gasteiger partial charge >= 0.3 is 0 Å². The standard InChI is InChI=1S/C6H8N4O3S/c7-14(12,13)5-3-4-6(11)8-1-2-10(4)9-5/h3H,1-2H2,(H,8,11)(H2,7,12,13). The van der Waals surface area contributed by atoms with Crippen molar-refractivity contribution in [3.05, 3.63) is 11.8 Å². The maximum Gasteiger partial charge on any atom is 0.269 e. The summed E-state index contributed by atoms with van der Waals surface area (Å²) in [5.41, 5.74) is 0.222. The topological polar surface area (TPSA) is 107 Å². The lowest BCUT2D eigenvalue weighted by molar-refractivity contribution is 0.0924. The van der Waals surface area contributed by atoms with E-state index in [1.807, 2.05) is 0 Å². The number of carbonyl (C=O) groups excluding carboxylic acids is 1. The third-order valence-corrected chi connectivity index (χ3v) is 2.67. The van der Waals surface area contributed by atoms with Gasteiger partial charge in [0, 0.05) is 12.6 Å². The van der Waals surface area contributed by atoms with Crippen LogP contribution in [0, 0.1) is 0 Å². The molecule has 1 aromatic heterocycles. The Balaban J connectivity index is 2.56. The maximum absolute atomic E-state index is 11.2. The van der Waals surface area contributed by atoms with E-state index in [2.05, 4.69) is 10.4 Å². The fraction of sp³-hybridized carbons (Fsp3) is 0.333. The molecule has 0 aromatic carbocycles. The summed E-state index contributed by atoms with van der Waals surface area (Å²) in [6.45, 7) is 0.897. The van der Waals surface area contributed by atoms with Crippen molar-refractivity contribution in [2.24, 2.45) is 5.14 Å². The SMILES string of the molecule is NS(=O)(=O)c1cc2n(n1)CCNC2=O. The largest absolute Gasteiger partial charge is 0.349 e.